The number of aromatic nitrogens is 3. The van der Waals surface area contributed by atoms with Gasteiger partial charge < -0.3 is 0 Å². The standard InChI is InChI=1S/C8H15N3S/c1-4-5-6(2)7-9-8(12)11(3)10-7/h6H,4-5H2,1-3H3,(H,9,10,12). The molecule has 0 aliphatic carbocycles. The minimum absolute atomic E-state index is 0.484. The molecule has 1 heterocycles. The van der Waals surface area contributed by atoms with Crippen LogP contribution in [0.25, 0.3) is 0 Å². The van der Waals surface area contributed by atoms with E-state index in [4.69, 9.17) is 12.2 Å². The Bertz CT molecular complexity index is 299. The molecule has 0 saturated carbocycles. The molecule has 4 heteroatoms. The monoisotopic (exact) mass is 185 g/mol. The molecule has 1 N–H and O–H groups in total. The van der Waals surface area contributed by atoms with Crippen molar-refractivity contribution in [2.45, 2.75) is 32.6 Å². The lowest BCUT2D eigenvalue weighted by molar-refractivity contribution is 0.615. The smallest absolute Gasteiger partial charge is 0.215 e. The van der Waals surface area contributed by atoms with Crippen molar-refractivity contribution >= 4 is 12.2 Å². The quantitative estimate of drug-likeness (QED) is 0.733. The topological polar surface area (TPSA) is 33.6 Å². The lowest BCUT2D eigenvalue weighted by atomic mass is 10.1. The average Bonchev–Trinajstić information content (AvgIpc) is 2.33. The van der Waals surface area contributed by atoms with Gasteiger partial charge in [0.25, 0.3) is 0 Å². The molecule has 1 unspecified atom stereocenters. The summed E-state index contributed by atoms with van der Waals surface area (Å²) in [5.74, 6) is 1.49. The van der Waals surface area contributed by atoms with Crippen molar-refractivity contribution in [1.29, 1.82) is 0 Å². The van der Waals surface area contributed by atoms with E-state index in [0.29, 0.717) is 10.7 Å². The van der Waals surface area contributed by atoms with E-state index in [2.05, 4.69) is 23.9 Å². The summed E-state index contributed by atoms with van der Waals surface area (Å²) in [6.07, 6.45) is 2.33. The van der Waals surface area contributed by atoms with Gasteiger partial charge in [0.2, 0.25) is 4.77 Å². The zero-order chi connectivity index (χ0) is 9.14. The molecule has 0 spiro atoms. The Hall–Kier alpha value is -0.640. The van der Waals surface area contributed by atoms with Crippen LogP contribution in [0.2, 0.25) is 0 Å². The first-order valence-electron chi connectivity index (χ1n) is 4.28. The van der Waals surface area contributed by atoms with Crippen LogP contribution in [-0.4, -0.2) is 14.8 Å². The number of nitrogens with one attached hydrogen (secondary N) is 1. The second-order valence-electron chi connectivity index (χ2n) is 3.14. The van der Waals surface area contributed by atoms with E-state index in [-0.39, 0.29) is 0 Å². The van der Waals surface area contributed by atoms with Gasteiger partial charge in [-0.1, -0.05) is 20.3 Å². The molecule has 1 rings (SSSR count). The highest BCUT2D eigenvalue weighted by atomic mass is 32.1. The summed E-state index contributed by atoms with van der Waals surface area (Å²) < 4.78 is 2.41. The van der Waals surface area contributed by atoms with Crippen molar-refractivity contribution in [1.82, 2.24) is 14.8 Å². The first-order chi connectivity index (χ1) is 5.65. The third-order valence-electron chi connectivity index (χ3n) is 1.97. The summed E-state index contributed by atoms with van der Waals surface area (Å²) in [6.45, 7) is 4.34. The SMILES string of the molecule is CCCC(C)c1nc(=S)n(C)[nH]1. The lowest BCUT2D eigenvalue weighted by Gasteiger charge is -2.04. The van der Waals surface area contributed by atoms with Crippen molar-refractivity contribution in [3.63, 3.8) is 0 Å². The molecular weight excluding hydrogens is 170 g/mol. The summed E-state index contributed by atoms with van der Waals surface area (Å²) in [5.41, 5.74) is 0. The van der Waals surface area contributed by atoms with Gasteiger partial charge >= 0.3 is 0 Å². The van der Waals surface area contributed by atoms with Gasteiger partial charge in [0.05, 0.1) is 0 Å². The number of aromatic amines is 1. The van der Waals surface area contributed by atoms with Gasteiger partial charge in [-0.3, -0.25) is 9.78 Å². The Balaban J connectivity index is 2.81. The van der Waals surface area contributed by atoms with Gasteiger partial charge in [0.15, 0.2) is 0 Å². The maximum absolute atomic E-state index is 5.00. The highest BCUT2D eigenvalue weighted by molar-refractivity contribution is 7.71. The van der Waals surface area contributed by atoms with Gasteiger partial charge in [-0.2, -0.15) is 0 Å². The Labute approximate surface area is 77.8 Å². The maximum atomic E-state index is 5.00. The Morgan fingerprint density at radius 3 is 2.75 bits per heavy atom. The van der Waals surface area contributed by atoms with Crippen LogP contribution >= 0.6 is 12.2 Å². The van der Waals surface area contributed by atoms with Gasteiger partial charge in [0, 0.05) is 13.0 Å². The normalized spacial score (nSPS) is 13.2. The number of hydrogen-bond acceptors (Lipinski definition) is 2. The predicted octanol–water partition coefficient (Wildman–Crippen LogP) is 2.38. The molecule has 68 valence electrons. The molecular formula is C8H15N3S. The van der Waals surface area contributed by atoms with Crippen LogP contribution in [0, 0.1) is 4.77 Å². The Morgan fingerprint density at radius 1 is 1.67 bits per heavy atom. The van der Waals surface area contributed by atoms with Crippen LogP contribution < -0.4 is 0 Å². The van der Waals surface area contributed by atoms with Gasteiger partial charge in [-0.05, 0) is 18.6 Å². The zero-order valence-corrected chi connectivity index (χ0v) is 8.61. The highest BCUT2D eigenvalue weighted by Crippen LogP contribution is 2.15. The van der Waals surface area contributed by atoms with Gasteiger partial charge in [-0.25, -0.2) is 4.98 Å². The fourth-order valence-corrected chi connectivity index (χ4v) is 1.36. The van der Waals surface area contributed by atoms with Gasteiger partial charge in [0.1, 0.15) is 5.82 Å². The third-order valence-corrected chi connectivity index (χ3v) is 2.34. The summed E-state index contributed by atoms with van der Waals surface area (Å²) in [6, 6.07) is 0. The van der Waals surface area contributed by atoms with Crippen molar-refractivity contribution in [2.75, 3.05) is 0 Å². The fraction of sp³-hybridized carbons (Fsp3) is 0.750. The van der Waals surface area contributed by atoms with Crippen molar-refractivity contribution in [2.24, 2.45) is 7.05 Å². The maximum Gasteiger partial charge on any atom is 0.215 e. The molecule has 0 aromatic carbocycles. The second kappa shape index (κ2) is 3.85. The second-order valence-corrected chi connectivity index (χ2v) is 3.51. The predicted molar refractivity (Wildman–Crippen MR) is 51.7 cm³/mol. The number of H-pyrrole nitrogens is 1. The fourth-order valence-electron chi connectivity index (χ4n) is 1.21. The van der Waals surface area contributed by atoms with E-state index in [9.17, 15) is 0 Å². The van der Waals surface area contributed by atoms with Crippen LogP contribution in [0.1, 0.15) is 38.4 Å². The summed E-state index contributed by atoms with van der Waals surface area (Å²) in [7, 11) is 1.89. The molecule has 0 aliphatic rings. The molecule has 3 nitrogen and oxygen atoms in total. The van der Waals surface area contributed by atoms with Crippen molar-refractivity contribution in [3.8, 4) is 0 Å². The number of rotatable bonds is 3. The van der Waals surface area contributed by atoms with E-state index in [0.717, 1.165) is 12.2 Å². The first-order valence-corrected chi connectivity index (χ1v) is 4.69. The molecule has 0 fully saturated rings. The van der Waals surface area contributed by atoms with E-state index in [1.165, 1.54) is 6.42 Å². The summed E-state index contributed by atoms with van der Waals surface area (Å²) >= 11 is 5.00. The molecule has 1 aromatic rings. The molecule has 0 bridgehead atoms. The van der Waals surface area contributed by atoms with E-state index >= 15 is 0 Å². The first kappa shape index (κ1) is 9.45. The van der Waals surface area contributed by atoms with E-state index in [1.54, 1.807) is 4.68 Å². The Kier molecular flexibility index (Phi) is 3.03. The minimum atomic E-state index is 0.484. The van der Waals surface area contributed by atoms with Crippen LogP contribution in [0.4, 0.5) is 0 Å². The Morgan fingerprint density at radius 2 is 2.33 bits per heavy atom. The number of hydrogen-bond donors (Lipinski definition) is 1. The van der Waals surface area contributed by atoms with Crippen LogP contribution in [0.3, 0.4) is 0 Å². The molecule has 1 aromatic heterocycles. The molecule has 0 radical (unpaired) electrons. The third kappa shape index (κ3) is 1.94. The minimum Gasteiger partial charge on any atom is -0.283 e. The lowest BCUT2D eigenvalue weighted by Crippen LogP contribution is -1.97. The molecule has 0 saturated heterocycles. The summed E-state index contributed by atoms with van der Waals surface area (Å²) in [4.78, 5) is 4.25. The molecule has 0 amide bonds. The molecule has 0 aliphatic heterocycles. The molecule has 1 atom stereocenters. The number of nitrogens with zero attached hydrogens (tertiary/aromatic N) is 2. The van der Waals surface area contributed by atoms with Crippen LogP contribution in [-0.2, 0) is 7.05 Å². The van der Waals surface area contributed by atoms with Crippen LogP contribution in [0.5, 0.6) is 0 Å². The van der Waals surface area contributed by atoms with E-state index < -0.39 is 0 Å². The average molecular weight is 185 g/mol. The number of aryl methyl sites for hydroxylation is 1. The van der Waals surface area contributed by atoms with Crippen molar-refractivity contribution in [3.05, 3.63) is 10.6 Å². The molecule has 12 heavy (non-hydrogen) atoms. The zero-order valence-electron chi connectivity index (χ0n) is 7.79. The van der Waals surface area contributed by atoms with Crippen LogP contribution in [0.15, 0.2) is 0 Å². The summed E-state index contributed by atoms with van der Waals surface area (Å²) in [5, 5.41) is 3.13. The largest absolute Gasteiger partial charge is 0.283 e. The van der Waals surface area contributed by atoms with E-state index in [1.807, 2.05) is 7.05 Å². The highest BCUT2D eigenvalue weighted by Gasteiger charge is 2.07. The van der Waals surface area contributed by atoms with Gasteiger partial charge in [-0.15, -0.1) is 0 Å². The van der Waals surface area contributed by atoms with Crippen molar-refractivity contribution < 1.29 is 0 Å².